The van der Waals surface area contributed by atoms with E-state index in [0.29, 0.717) is 0 Å². The van der Waals surface area contributed by atoms with Gasteiger partial charge in [0.25, 0.3) is 0 Å². The second kappa shape index (κ2) is 12.7. The quantitative estimate of drug-likeness (QED) is 0.433. The van der Waals surface area contributed by atoms with E-state index in [2.05, 4.69) is 16.0 Å². The first-order valence-electron chi connectivity index (χ1n) is 11.8. The number of rotatable bonds is 9. The molecule has 0 spiro atoms. The Hall–Kier alpha value is -3.88. The molecule has 0 saturated heterocycles. The summed E-state index contributed by atoms with van der Waals surface area (Å²) < 4.78 is 10.4. The molecule has 36 heavy (non-hydrogen) atoms. The minimum atomic E-state index is -0.909. The minimum absolute atomic E-state index is 0.0684. The van der Waals surface area contributed by atoms with Crippen LogP contribution < -0.4 is 16.0 Å². The predicted octanol–water partition coefficient (Wildman–Crippen LogP) is 4.67. The molecule has 0 radical (unpaired) electrons. The van der Waals surface area contributed by atoms with Gasteiger partial charge in [-0.15, -0.1) is 0 Å². The van der Waals surface area contributed by atoms with E-state index in [4.69, 9.17) is 9.47 Å². The number of Topliss-reactive ketones (excluding diaryl/α,β-unsaturated/α-hetero) is 1. The lowest BCUT2D eigenvalue weighted by molar-refractivity contribution is -0.119. The van der Waals surface area contributed by atoms with Crippen LogP contribution in [-0.2, 0) is 20.9 Å². The van der Waals surface area contributed by atoms with Crippen LogP contribution in [0.2, 0.25) is 0 Å². The van der Waals surface area contributed by atoms with Gasteiger partial charge in [-0.25, -0.2) is 9.59 Å². The third-order valence-electron chi connectivity index (χ3n) is 5.01. The van der Waals surface area contributed by atoms with E-state index in [9.17, 15) is 19.2 Å². The molecule has 2 rings (SSSR count). The summed E-state index contributed by atoms with van der Waals surface area (Å²) in [5.74, 6) is -1.17. The van der Waals surface area contributed by atoms with Crippen LogP contribution in [0.15, 0.2) is 54.6 Å². The number of hydrogen-bond acceptors (Lipinski definition) is 6. The van der Waals surface area contributed by atoms with Gasteiger partial charge in [-0.05, 0) is 51.3 Å². The van der Waals surface area contributed by atoms with Crippen molar-refractivity contribution in [2.24, 2.45) is 5.92 Å². The number of benzene rings is 2. The standard InChI is InChI=1S/C27H35N3O6/c1-17(2)22(30-25(33)35-16-19-12-8-7-9-13-19)24(32)29-21-15-11-10-14-20(21)23(31)18(3)28-26(34)36-27(4,5)6/h7-15,17-18,22H,16H2,1-6H3,(H,28,34)(H,29,32)(H,30,33)/t18-,22-/m0/s1. The lowest BCUT2D eigenvalue weighted by Gasteiger charge is -2.23. The number of hydrogen-bond donors (Lipinski definition) is 3. The summed E-state index contributed by atoms with van der Waals surface area (Å²) in [6.45, 7) is 10.3. The van der Waals surface area contributed by atoms with E-state index in [-0.39, 0.29) is 23.8 Å². The molecule has 0 bridgehead atoms. The Balaban J connectivity index is 2.06. The summed E-state index contributed by atoms with van der Waals surface area (Å²) in [6, 6.07) is 13.8. The summed E-state index contributed by atoms with van der Waals surface area (Å²) in [6.07, 6.45) is -1.45. The Kier molecular flexibility index (Phi) is 10.0. The summed E-state index contributed by atoms with van der Waals surface area (Å²) in [5.41, 5.74) is 0.582. The molecule has 9 nitrogen and oxygen atoms in total. The van der Waals surface area contributed by atoms with Gasteiger partial charge in [-0.2, -0.15) is 0 Å². The molecule has 0 unspecified atom stereocenters. The van der Waals surface area contributed by atoms with Crippen molar-refractivity contribution in [3.8, 4) is 0 Å². The smallest absolute Gasteiger partial charge is 0.408 e. The van der Waals surface area contributed by atoms with Gasteiger partial charge < -0.3 is 25.4 Å². The average Bonchev–Trinajstić information content (AvgIpc) is 2.80. The number of alkyl carbamates (subject to hydrolysis) is 2. The van der Waals surface area contributed by atoms with Crippen LogP contribution in [0, 0.1) is 5.92 Å². The van der Waals surface area contributed by atoms with Crippen LogP contribution in [0.4, 0.5) is 15.3 Å². The van der Waals surface area contributed by atoms with E-state index in [1.807, 2.05) is 30.3 Å². The number of anilines is 1. The molecule has 3 amide bonds. The molecule has 0 aromatic heterocycles. The maximum atomic E-state index is 13.1. The maximum absolute atomic E-state index is 13.1. The van der Waals surface area contributed by atoms with Crippen LogP contribution in [0.25, 0.3) is 0 Å². The van der Waals surface area contributed by atoms with Crippen LogP contribution in [0.5, 0.6) is 0 Å². The third kappa shape index (κ3) is 9.05. The van der Waals surface area contributed by atoms with Crippen molar-refractivity contribution >= 4 is 29.6 Å². The molecule has 0 fully saturated rings. The van der Waals surface area contributed by atoms with E-state index in [0.717, 1.165) is 5.56 Å². The predicted molar refractivity (Wildman–Crippen MR) is 137 cm³/mol. The fourth-order valence-corrected chi connectivity index (χ4v) is 3.23. The van der Waals surface area contributed by atoms with Gasteiger partial charge in [0, 0.05) is 5.56 Å². The van der Waals surface area contributed by atoms with Crippen LogP contribution in [0.3, 0.4) is 0 Å². The number of para-hydroxylation sites is 1. The zero-order valence-corrected chi connectivity index (χ0v) is 21.6. The Bertz CT molecular complexity index is 1060. The second-order valence-electron chi connectivity index (χ2n) is 9.69. The molecule has 0 aliphatic heterocycles. The van der Waals surface area contributed by atoms with Gasteiger partial charge >= 0.3 is 12.2 Å². The maximum Gasteiger partial charge on any atom is 0.408 e. The van der Waals surface area contributed by atoms with Crippen molar-refractivity contribution in [1.82, 2.24) is 10.6 Å². The van der Waals surface area contributed by atoms with Crippen molar-refractivity contribution in [2.75, 3.05) is 5.32 Å². The first-order valence-corrected chi connectivity index (χ1v) is 11.8. The molecule has 2 aromatic rings. The van der Waals surface area contributed by atoms with Crippen LogP contribution >= 0.6 is 0 Å². The summed E-state index contributed by atoms with van der Waals surface area (Å²) in [4.78, 5) is 50.5. The summed E-state index contributed by atoms with van der Waals surface area (Å²) >= 11 is 0. The molecule has 194 valence electrons. The highest BCUT2D eigenvalue weighted by Gasteiger charge is 2.28. The SMILES string of the molecule is CC(C)[C@H](NC(=O)OCc1ccccc1)C(=O)Nc1ccccc1C(=O)[C@H](C)NC(=O)OC(C)(C)C. The van der Waals surface area contributed by atoms with Gasteiger partial charge in [-0.1, -0.05) is 56.3 Å². The number of amides is 3. The van der Waals surface area contributed by atoms with Crippen molar-refractivity contribution in [3.05, 3.63) is 65.7 Å². The highest BCUT2D eigenvalue weighted by atomic mass is 16.6. The molecule has 0 aliphatic rings. The van der Waals surface area contributed by atoms with Crippen molar-refractivity contribution in [2.45, 2.75) is 65.8 Å². The van der Waals surface area contributed by atoms with Crippen molar-refractivity contribution < 1.29 is 28.7 Å². The van der Waals surface area contributed by atoms with Gasteiger partial charge in [0.05, 0.1) is 11.7 Å². The number of carbonyl (C=O) groups excluding carboxylic acids is 4. The first-order chi connectivity index (χ1) is 16.9. The lowest BCUT2D eigenvalue weighted by atomic mass is 10.0. The number of carbonyl (C=O) groups is 4. The Morgan fingerprint density at radius 3 is 2.06 bits per heavy atom. The summed E-state index contributed by atoms with van der Waals surface area (Å²) in [5, 5.41) is 7.83. The fraction of sp³-hybridized carbons (Fsp3) is 0.407. The molecular weight excluding hydrogens is 462 g/mol. The van der Waals surface area contributed by atoms with Crippen molar-refractivity contribution in [1.29, 1.82) is 0 Å². The third-order valence-corrected chi connectivity index (χ3v) is 5.01. The highest BCUT2D eigenvalue weighted by Crippen LogP contribution is 2.19. The van der Waals surface area contributed by atoms with E-state index >= 15 is 0 Å². The largest absolute Gasteiger partial charge is 0.445 e. The zero-order valence-electron chi connectivity index (χ0n) is 21.6. The zero-order chi connectivity index (χ0) is 26.9. The lowest BCUT2D eigenvalue weighted by Crippen LogP contribution is -2.47. The molecule has 3 N–H and O–H groups in total. The molecule has 9 heteroatoms. The van der Waals surface area contributed by atoms with Gasteiger partial charge in [0.2, 0.25) is 5.91 Å². The summed E-state index contributed by atoms with van der Waals surface area (Å²) in [7, 11) is 0. The number of ether oxygens (including phenoxy) is 2. The minimum Gasteiger partial charge on any atom is -0.445 e. The van der Waals surface area contributed by atoms with Crippen molar-refractivity contribution in [3.63, 3.8) is 0 Å². The molecule has 0 aliphatic carbocycles. The first kappa shape index (κ1) is 28.4. The molecule has 0 heterocycles. The fourth-order valence-electron chi connectivity index (χ4n) is 3.23. The number of nitrogens with one attached hydrogen (secondary N) is 3. The Morgan fingerprint density at radius 2 is 1.44 bits per heavy atom. The molecule has 0 saturated carbocycles. The van der Waals surface area contributed by atoms with Crippen LogP contribution in [0.1, 0.15) is 57.5 Å². The Labute approximate surface area is 211 Å². The highest BCUT2D eigenvalue weighted by molar-refractivity contribution is 6.08. The Morgan fingerprint density at radius 1 is 0.833 bits per heavy atom. The normalized spacial score (nSPS) is 12.8. The second-order valence-corrected chi connectivity index (χ2v) is 9.69. The van der Waals surface area contributed by atoms with Gasteiger partial charge in [0.1, 0.15) is 18.2 Å². The van der Waals surface area contributed by atoms with E-state index in [1.165, 1.54) is 6.92 Å². The monoisotopic (exact) mass is 497 g/mol. The molecule has 2 atom stereocenters. The van der Waals surface area contributed by atoms with E-state index < -0.39 is 41.6 Å². The van der Waals surface area contributed by atoms with Gasteiger partial charge in [-0.3, -0.25) is 9.59 Å². The van der Waals surface area contributed by atoms with Gasteiger partial charge in [0.15, 0.2) is 5.78 Å². The van der Waals surface area contributed by atoms with Crippen LogP contribution in [-0.4, -0.2) is 41.6 Å². The molecular formula is C27H35N3O6. The topological polar surface area (TPSA) is 123 Å². The molecule has 2 aromatic carbocycles. The van der Waals surface area contributed by atoms with E-state index in [1.54, 1.807) is 58.9 Å². The number of ketones is 1. The average molecular weight is 498 g/mol.